The van der Waals surface area contributed by atoms with Gasteiger partial charge in [-0.3, -0.25) is 0 Å². The molecule has 0 amide bonds. The Kier molecular flexibility index (Phi) is 5.05. The molecule has 128 valence electrons. The van der Waals surface area contributed by atoms with Gasteiger partial charge in [0.2, 0.25) is 5.95 Å². The van der Waals surface area contributed by atoms with Gasteiger partial charge in [-0.15, -0.1) is 11.3 Å². The van der Waals surface area contributed by atoms with Gasteiger partial charge in [0.25, 0.3) is 0 Å². The normalized spacial score (nSPS) is 15.5. The molecular formula is C18H19BrN5S+. The topological polar surface area (TPSA) is 46.4 Å². The van der Waals surface area contributed by atoms with Crippen LogP contribution in [-0.2, 0) is 6.54 Å². The Labute approximate surface area is 159 Å². The molecule has 1 saturated heterocycles. The number of halogens is 1. The molecule has 0 atom stereocenters. The second-order valence-electron chi connectivity index (χ2n) is 6.12. The van der Waals surface area contributed by atoms with Gasteiger partial charge in [0.05, 0.1) is 26.2 Å². The van der Waals surface area contributed by atoms with E-state index in [4.69, 9.17) is 4.98 Å². The number of rotatable bonds is 4. The smallest absolute Gasteiger partial charge is 0.225 e. The Morgan fingerprint density at radius 1 is 1.12 bits per heavy atom. The summed E-state index contributed by atoms with van der Waals surface area (Å²) in [6.07, 6.45) is 3.61. The zero-order valence-electron chi connectivity index (χ0n) is 13.7. The van der Waals surface area contributed by atoms with Crippen molar-refractivity contribution in [2.24, 2.45) is 0 Å². The van der Waals surface area contributed by atoms with E-state index < -0.39 is 0 Å². The average molecular weight is 417 g/mol. The Bertz CT molecular complexity index is 830. The van der Waals surface area contributed by atoms with Crippen LogP contribution in [0.3, 0.4) is 0 Å². The van der Waals surface area contributed by atoms with Gasteiger partial charge < -0.3 is 9.80 Å². The Balaban J connectivity index is 1.36. The minimum absolute atomic E-state index is 0.840. The molecule has 0 spiro atoms. The highest BCUT2D eigenvalue weighted by Crippen LogP contribution is 2.26. The molecule has 0 saturated carbocycles. The van der Waals surface area contributed by atoms with E-state index in [0.29, 0.717) is 0 Å². The maximum absolute atomic E-state index is 4.83. The predicted octanol–water partition coefficient (Wildman–Crippen LogP) is 2.27. The van der Waals surface area contributed by atoms with Gasteiger partial charge in [-0.1, -0.05) is 28.1 Å². The molecule has 3 aromatic rings. The maximum atomic E-state index is 4.83. The van der Waals surface area contributed by atoms with Gasteiger partial charge in [0.15, 0.2) is 0 Å². The zero-order chi connectivity index (χ0) is 17.1. The first-order valence-corrected chi connectivity index (χ1v) is 10.0. The van der Waals surface area contributed by atoms with Crippen molar-refractivity contribution in [1.82, 2.24) is 15.0 Å². The monoisotopic (exact) mass is 416 g/mol. The van der Waals surface area contributed by atoms with E-state index in [2.05, 4.69) is 54.4 Å². The molecule has 25 heavy (non-hydrogen) atoms. The van der Waals surface area contributed by atoms with Crippen LogP contribution in [0.1, 0.15) is 5.69 Å². The van der Waals surface area contributed by atoms with Gasteiger partial charge in [-0.2, -0.15) is 0 Å². The van der Waals surface area contributed by atoms with E-state index in [1.165, 1.54) is 11.3 Å². The third-order valence-electron chi connectivity index (χ3n) is 4.36. The zero-order valence-corrected chi connectivity index (χ0v) is 16.1. The number of nitrogens with one attached hydrogen (secondary N) is 1. The molecule has 2 aromatic heterocycles. The van der Waals surface area contributed by atoms with Gasteiger partial charge in [0.1, 0.15) is 17.2 Å². The summed E-state index contributed by atoms with van der Waals surface area (Å²) >= 11 is 5.25. The highest BCUT2D eigenvalue weighted by molar-refractivity contribution is 9.10. The molecular weight excluding hydrogens is 398 g/mol. The number of benzene rings is 1. The summed E-state index contributed by atoms with van der Waals surface area (Å²) in [6, 6.07) is 10.2. The summed E-state index contributed by atoms with van der Waals surface area (Å²) in [7, 11) is 0. The van der Waals surface area contributed by atoms with Crippen molar-refractivity contribution in [2.75, 3.05) is 31.1 Å². The number of anilines is 1. The molecule has 1 aliphatic heterocycles. The first-order valence-electron chi connectivity index (χ1n) is 8.34. The van der Waals surface area contributed by atoms with Crippen LogP contribution in [0, 0.1) is 0 Å². The molecule has 3 heterocycles. The molecule has 7 heteroatoms. The van der Waals surface area contributed by atoms with E-state index in [0.717, 1.165) is 48.2 Å². The lowest BCUT2D eigenvalue weighted by molar-refractivity contribution is -0.914. The van der Waals surface area contributed by atoms with Gasteiger partial charge in [0, 0.05) is 27.8 Å². The fourth-order valence-electron chi connectivity index (χ4n) is 3.05. The first-order chi connectivity index (χ1) is 12.3. The molecule has 4 rings (SSSR count). The molecule has 1 aliphatic rings. The highest BCUT2D eigenvalue weighted by atomic mass is 79.9. The van der Waals surface area contributed by atoms with Crippen LogP contribution in [0.2, 0.25) is 0 Å². The minimum atomic E-state index is 0.840. The number of thiazole rings is 1. The summed E-state index contributed by atoms with van der Waals surface area (Å²) in [5.74, 6) is 0.840. The number of aromatic nitrogens is 3. The SMILES string of the molecule is Brc1cccc(-c2nc(C[NH+]3CCN(c4ncccn4)CC3)cs2)c1. The van der Waals surface area contributed by atoms with E-state index in [9.17, 15) is 0 Å². The molecule has 1 fully saturated rings. The van der Waals surface area contributed by atoms with Crippen molar-refractivity contribution in [3.8, 4) is 10.6 Å². The highest BCUT2D eigenvalue weighted by Gasteiger charge is 2.22. The number of quaternary nitrogens is 1. The van der Waals surface area contributed by atoms with Gasteiger partial charge in [-0.05, 0) is 18.2 Å². The maximum Gasteiger partial charge on any atom is 0.225 e. The third kappa shape index (κ3) is 4.05. The molecule has 0 unspecified atom stereocenters. The van der Waals surface area contributed by atoms with Crippen LogP contribution in [0.15, 0.2) is 52.6 Å². The van der Waals surface area contributed by atoms with E-state index in [1.807, 2.05) is 12.1 Å². The Morgan fingerprint density at radius 2 is 1.92 bits per heavy atom. The van der Waals surface area contributed by atoms with Crippen LogP contribution in [0.4, 0.5) is 5.95 Å². The second kappa shape index (κ2) is 7.59. The van der Waals surface area contributed by atoms with Crippen LogP contribution in [0.5, 0.6) is 0 Å². The Morgan fingerprint density at radius 3 is 2.68 bits per heavy atom. The van der Waals surface area contributed by atoms with Gasteiger partial charge >= 0.3 is 0 Å². The lowest BCUT2D eigenvalue weighted by atomic mass is 10.2. The molecule has 5 nitrogen and oxygen atoms in total. The van der Waals surface area contributed by atoms with Gasteiger partial charge in [-0.25, -0.2) is 15.0 Å². The quantitative estimate of drug-likeness (QED) is 0.708. The van der Waals surface area contributed by atoms with Crippen LogP contribution < -0.4 is 9.80 Å². The second-order valence-corrected chi connectivity index (χ2v) is 7.89. The standard InChI is InChI=1S/C18H18BrN5S/c19-15-4-1-3-14(11-15)17-22-16(13-25-17)12-23-7-9-24(10-8-23)18-20-5-2-6-21-18/h1-6,11,13H,7-10,12H2/p+1. The lowest BCUT2D eigenvalue weighted by Gasteiger charge is -2.31. The van der Waals surface area contributed by atoms with Crippen molar-refractivity contribution in [1.29, 1.82) is 0 Å². The van der Waals surface area contributed by atoms with E-state index >= 15 is 0 Å². The van der Waals surface area contributed by atoms with Crippen molar-refractivity contribution < 1.29 is 4.90 Å². The van der Waals surface area contributed by atoms with Crippen molar-refractivity contribution in [3.63, 3.8) is 0 Å². The minimum Gasteiger partial charge on any atom is -0.330 e. The van der Waals surface area contributed by atoms with Crippen molar-refractivity contribution >= 4 is 33.2 Å². The molecule has 0 aliphatic carbocycles. The molecule has 0 bridgehead atoms. The van der Waals surface area contributed by atoms with Crippen LogP contribution in [0.25, 0.3) is 10.6 Å². The number of hydrogen-bond donors (Lipinski definition) is 1. The summed E-state index contributed by atoms with van der Waals surface area (Å²) in [6.45, 7) is 5.13. The number of piperazine rings is 1. The Hall–Kier alpha value is -1.83. The van der Waals surface area contributed by atoms with E-state index in [1.54, 1.807) is 28.6 Å². The lowest BCUT2D eigenvalue weighted by Crippen LogP contribution is -3.13. The van der Waals surface area contributed by atoms with E-state index in [-0.39, 0.29) is 0 Å². The fraction of sp³-hybridized carbons (Fsp3) is 0.278. The molecule has 1 N–H and O–H groups in total. The number of nitrogens with zero attached hydrogens (tertiary/aromatic N) is 4. The fourth-order valence-corrected chi connectivity index (χ4v) is 4.27. The summed E-state index contributed by atoms with van der Waals surface area (Å²) in [4.78, 5) is 17.4. The summed E-state index contributed by atoms with van der Waals surface area (Å²) in [5.41, 5.74) is 2.35. The van der Waals surface area contributed by atoms with Crippen molar-refractivity contribution in [2.45, 2.75) is 6.54 Å². The number of hydrogen-bond acceptors (Lipinski definition) is 5. The van der Waals surface area contributed by atoms with Crippen LogP contribution >= 0.6 is 27.3 Å². The molecule has 0 radical (unpaired) electrons. The van der Waals surface area contributed by atoms with Crippen molar-refractivity contribution in [3.05, 3.63) is 58.3 Å². The summed E-state index contributed by atoms with van der Waals surface area (Å²) in [5, 5.41) is 3.28. The van der Waals surface area contributed by atoms with Crippen LogP contribution in [-0.4, -0.2) is 41.1 Å². The largest absolute Gasteiger partial charge is 0.330 e. The average Bonchev–Trinajstić information content (AvgIpc) is 3.12. The third-order valence-corrected chi connectivity index (χ3v) is 5.79. The summed E-state index contributed by atoms with van der Waals surface area (Å²) < 4.78 is 1.09. The predicted molar refractivity (Wildman–Crippen MR) is 104 cm³/mol. The first kappa shape index (κ1) is 16.6. The molecule has 1 aromatic carbocycles.